The molecule has 1 heterocycles. The summed E-state index contributed by atoms with van der Waals surface area (Å²) in [5.41, 5.74) is 2.43. The van der Waals surface area contributed by atoms with E-state index in [2.05, 4.69) is 32.6 Å². The Balaban J connectivity index is 2.05. The van der Waals surface area contributed by atoms with Gasteiger partial charge in [-0.25, -0.2) is 9.78 Å². The highest BCUT2D eigenvalue weighted by Crippen LogP contribution is 2.30. The summed E-state index contributed by atoms with van der Waals surface area (Å²) in [5, 5.41) is 9.88. The third kappa shape index (κ3) is 4.37. The molecule has 5 nitrogen and oxygen atoms in total. The number of hydrogen-bond donors (Lipinski definition) is 1. The fraction of sp³-hybridized carbons (Fsp3) is 0.150. The van der Waals surface area contributed by atoms with Gasteiger partial charge in [-0.05, 0) is 46.7 Å². The fourth-order valence-corrected chi connectivity index (χ4v) is 3.45. The van der Waals surface area contributed by atoms with Gasteiger partial charge in [0.1, 0.15) is 3.70 Å². The van der Waals surface area contributed by atoms with E-state index in [9.17, 15) is 9.90 Å². The van der Waals surface area contributed by atoms with Gasteiger partial charge in [0.05, 0.1) is 5.92 Å². The van der Waals surface area contributed by atoms with Gasteiger partial charge >= 0.3 is 12.0 Å². The van der Waals surface area contributed by atoms with Crippen molar-refractivity contribution in [2.45, 2.75) is 18.9 Å². The van der Waals surface area contributed by atoms with Crippen molar-refractivity contribution in [2.75, 3.05) is 0 Å². The topological polar surface area (TPSA) is 72.3 Å². The van der Waals surface area contributed by atoms with Crippen molar-refractivity contribution in [3.63, 3.8) is 0 Å². The lowest BCUT2D eigenvalue weighted by molar-refractivity contribution is -0.146. The number of aryl methyl sites for hydroxylation is 1. The Bertz CT molecular complexity index is 828. The van der Waals surface area contributed by atoms with E-state index in [1.165, 1.54) is 0 Å². The van der Waals surface area contributed by atoms with E-state index >= 15 is 0 Å². The number of carbonyl (C=O) groups is 1. The van der Waals surface area contributed by atoms with Crippen LogP contribution < -0.4 is 4.74 Å². The monoisotopic (exact) mass is 460 g/mol. The number of hydrogen-bond acceptors (Lipinski definition) is 4. The number of carboxylic acids is 1. The number of rotatable bonds is 6. The van der Waals surface area contributed by atoms with Crippen LogP contribution in [0.4, 0.5) is 0 Å². The summed E-state index contributed by atoms with van der Waals surface area (Å²) in [6, 6.07) is 20.8. The number of aliphatic carboxylic acids is 1. The molecule has 26 heavy (non-hydrogen) atoms. The number of ether oxygens (including phenoxy) is 1. The fourth-order valence-electron chi connectivity index (χ4n) is 2.79. The predicted octanol–water partition coefficient (Wildman–Crippen LogP) is 4.05. The average Bonchev–Trinajstić information content (AvgIpc) is 2.62. The van der Waals surface area contributed by atoms with E-state index in [1.807, 2.05) is 67.6 Å². The van der Waals surface area contributed by atoms with Crippen LogP contribution in [0.3, 0.4) is 0 Å². The van der Waals surface area contributed by atoms with Gasteiger partial charge in [-0.2, -0.15) is 4.98 Å². The van der Waals surface area contributed by atoms with E-state index in [0.717, 1.165) is 16.8 Å². The number of carboxylic acid groups (broad SMARTS) is 1. The summed E-state index contributed by atoms with van der Waals surface area (Å²) in [6.45, 7) is 1.82. The van der Waals surface area contributed by atoms with Crippen LogP contribution >= 0.6 is 22.6 Å². The van der Waals surface area contributed by atoms with Gasteiger partial charge in [0.25, 0.3) is 0 Å². The van der Waals surface area contributed by atoms with Crippen molar-refractivity contribution >= 4 is 28.6 Å². The summed E-state index contributed by atoms with van der Waals surface area (Å²) in [6.07, 6.45) is -1.16. The van der Waals surface area contributed by atoms with Gasteiger partial charge in [-0.3, -0.25) is 0 Å². The van der Waals surface area contributed by atoms with Gasteiger partial charge in [0.15, 0.2) is 0 Å². The Morgan fingerprint density at radius 1 is 1.00 bits per heavy atom. The summed E-state index contributed by atoms with van der Waals surface area (Å²) in [5.74, 6) is -1.56. The summed E-state index contributed by atoms with van der Waals surface area (Å²) in [7, 11) is 0. The SMILES string of the molecule is Cc1cc(I)nc(OC(C(=O)O)C(c2ccccc2)c2ccccc2)n1. The first-order valence-electron chi connectivity index (χ1n) is 8.05. The van der Waals surface area contributed by atoms with Crippen LogP contribution in [0, 0.1) is 10.6 Å². The number of benzene rings is 2. The highest BCUT2D eigenvalue weighted by atomic mass is 127. The van der Waals surface area contributed by atoms with Gasteiger partial charge < -0.3 is 9.84 Å². The molecule has 1 N–H and O–H groups in total. The normalized spacial score (nSPS) is 12.0. The Kier molecular flexibility index (Phi) is 5.82. The Morgan fingerprint density at radius 3 is 2.00 bits per heavy atom. The second-order valence-corrected chi connectivity index (χ2v) is 6.90. The Labute approximate surface area is 165 Å². The summed E-state index contributed by atoms with van der Waals surface area (Å²) < 4.78 is 6.48. The van der Waals surface area contributed by atoms with Gasteiger partial charge in [-0.1, -0.05) is 60.7 Å². The highest BCUT2D eigenvalue weighted by molar-refractivity contribution is 14.1. The molecule has 132 valence electrons. The largest absolute Gasteiger partial charge is 0.478 e. The lowest BCUT2D eigenvalue weighted by Crippen LogP contribution is -2.35. The molecule has 3 rings (SSSR count). The predicted molar refractivity (Wildman–Crippen MR) is 106 cm³/mol. The van der Waals surface area contributed by atoms with E-state index in [-0.39, 0.29) is 6.01 Å². The molecule has 0 fully saturated rings. The van der Waals surface area contributed by atoms with Crippen molar-refractivity contribution in [2.24, 2.45) is 0 Å². The molecule has 0 saturated carbocycles. The van der Waals surface area contributed by atoms with Crippen molar-refractivity contribution in [3.8, 4) is 6.01 Å². The zero-order valence-electron chi connectivity index (χ0n) is 14.0. The molecule has 1 unspecified atom stereocenters. The molecule has 0 radical (unpaired) electrons. The minimum atomic E-state index is -1.16. The lowest BCUT2D eigenvalue weighted by Gasteiger charge is -2.25. The molecule has 0 aliphatic carbocycles. The molecular weight excluding hydrogens is 443 g/mol. The van der Waals surface area contributed by atoms with E-state index in [1.54, 1.807) is 6.07 Å². The molecule has 6 heteroatoms. The molecule has 1 atom stereocenters. The van der Waals surface area contributed by atoms with Crippen molar-refractivity contribution < 1.29 is 14.6 Å². The van der Waals surface area contributed by atoms with Gasteiger partial charge in [0, 0.05) is 5.69 Å². The first-order chi connectivity index (χ1) is 12.5. The maximum atomic E-state index is 12.1. The standard InChI is InChI=1S/C20H17IN2O3/c1-13-12-16(21)23-20(22-13)26-18(19(24)25)17(14-8-4-2-5-9-14)15-10-6-3-7-11-15/h2-12,17-18H,1H3,(H,24,25). The minimum absolute atomic E-state index is 0.0682. The molecular formula is C20H17IN2O3. The quantitative estimate of drug-likeness (QED) is 0.444. The molecule has 0 amide bonds. The maximum absolute atomic E-state index is 12.1. The average molecular weight is 460 g/mol. The zero-order chi connectivity index (χ0) is 18.5. The maximum Gasteiger partial charge on any atom is 0.346 e. The zero-order valence-corrected chi connectivity index (χ0v) is 16.2. The first kappa shape index (κ1) is 18.3. The molecule has 0 aliphatic heterocycles. The second kappa shape index (κ2) is 8.27. The molecule has 0 aliphatic rings. The molecule has 2 aromatic carbocycles. The second-order valence-electron chi connectivity index (χ2n) is 5.79. The third-order valence-corrected chi connectivity index (χ3v) is 4.45. The smallest absolute Gasteiger partial charge is 0.346 e. The number of aromatic nitrogens is 2. The molecule has 0 bridgehead atoms. The van der Waals surface area contributed by atoms with Crippen LogP contribution in [0.1, 0.15) is 22.7 Å². The van der Waals surface area contributed by atoms with Gasteiger partial charge in [-0.15, -0.1) is 0 Å². The Morgan fingerprint density at radius 2 is 1.54 bits per heavy atom. The molecule has 1 aromatic heterocycles. The molecule has 3 aromatic rings. The van der Waals surface area contributed by atoms with Crippen LogP contribution in [-0.2, 0) is 4.79 Å². The summed E-state index contributed by atoms with van der Waals surface area (Å²) >= 11 is 2.06. The van der Waals surface area contributed by atoms with Crippen molar-refractivity contribution in [1.82, 2.24) is 9.97 Å². The van der Waals surface area contributed by atoms with Crippen LogP contribution in [0.25, 0.3) is 0 Å². The minimum Gasteiger partial charge on any atom is -0.478 e. The summed E-state index contributed by atoms with van der Waals surface area (Å²) in [4.78, 5) is 20.5. The van der Waals surface area contributed by atoms with Crippen molar-refractivity contribution in [3.05, 3.63) is 87.3 Å². The van der Waals surface area contributed by atoms with Crippen LogP contribution in [0.2, 0.25) is 0 Å². The van der Waals surface area contributed by atoms with E-state index in [4.69, 9.17) is 4.74 Å². The number of nitrogens with zero attached hydrogens (tertiary/aromatic N) is 2. The first-order valence-corrected chi connectivity index (χ1v) is 9.13. The Hall–Kier alpha value is -2.48. The van der Waals surface area contributed by atoms with E-state index in [0.29, 0.717) is 3.70 Å². The number of halogens is 1. The highest BCUT2D eigenvalue weighted by Gasteiger charge is 2.33. The van der Waals surface area contributed by atoms with Crippen molar-refractivity contribution in [1.29, 1.82) is 0 Å². The van der Waals surface area contributed by atoms with E-state index < -0.39 is 18.0 Å². The third-order valence-electron chi connectivity index (χ3n) is 3.90. The van der Waals surface area contributed by atoms with Crippen LogP contribution in [0.15, 0.2) is 66.7 Å². The van der Waals surface area contributed by atoms with Gasteiger partial charge in [0.2, 0.25) is 6.10 Å². The molecule has 0 spiro atoms. The lowest BCUT2D eigenvalue weighted by atomic mass is 9.86. The van der Waals surface area contributed by atoms with Crippen LogP contribution in [0.5, 0.6) is 6.01 Å². The van der Waals surface area contributed by atoms with Crippen LogP contribution in [-0.4, -0.2) is 27.1 Å². The molecule has 0 saturated heterocycles.